The normalized spacial score (nSPS) is 20.8. The second kappa shape index (κ2) is 4.53. The van der Waals surface area contributed by atoms with E-state index in [0.29, 0.717) is 18.8 Å². The zero-order valence-electron chi connectivity index (χ0n) is 9.22. The van der Waals surface area contributed by atoms with Crippen LogP contribution < -0.4 is 4.90 Å². The summed E-state index contributed by atoms with van der Waals surface area (Å²) < 4.78 is 5.34. The molecule has 4 heteroatoms. The van der Waals surface area contributed by atoms with Crippen LogP contribution in [0.25, 0.3) is 0 Å². The highest BCUT2D eigenvalue weighted by molar-refractivity contribution is 5.94. The predicted molar refractivity (Wildman–Crippen MR) is 61.0 cm³/mol. The van der Waals surface area contributed by atoms with Crippen molar-refractivity contribution in [1.29, 1.82) is 0 Å². The third-order valence-electron chi connectivity index (χ3n) is 2.81. The SMILES string of the molecule is CC1COCCN1c1ccccc1C(=O)O. The molecular formula is C12H15NO3. The first-order valence-electron chi connectivity index (χ1n) is 5.37. The van der Waals surface area contributed by atoms with Gasteiger partial charge in [0, 0.05) is 12.6 Å². The van der Waals surface area contributed by atoms with E-state index in [1.807, 2.05) is 19.1 Å². The molecule has 0 bridgehead atoms. The number of ether oxygens (including phenoxy) is 1. The number of carboxylic acids is 1. The maximum absolute atomic E-state index is 11.1. The van der Waals surface area contributed by atoms with E-state index >= 15 is 0 Å². The van der Waals surface area contributed by atoms with Crippen LogP contribution in [0.2, 0.25) is 0 Å². The lowest BCUT2D eigenvalue weighted by molar-refractivity contribution is 0.0695. The minimum Gasteiger partial charge on any atom is -0.478 e. The number of benzene rings is 1. The van der Waals surface area contributed by atoms with Gasteiger partial charge in [-0.05, 0) is 19.1 Å². The van der Waals surface area contributed by atoms with E-state index < -0.39 is 5.97 Å². The molecule has 1 heterocycles. The van der Waals surface area contributed by atoms with Gasteiger partial charge in [0.15, 0.2) is 0 Å². The summed E-state index contributed by atoms with van der Waals surface area (Å²) in [7, 11) is 0. The number of hydrogen-bond acceptors (Lipinski definition) is 3. The summed E-state index contributed by atoms with van der Waals surface area (Å²) in [4.78, 5) is 13.2. The van der Waals surface area contributed by atoms with Crippen LogP contribution in [0, 0.1) is 0 Å². The molecule has 1 unspecified atom stereocenters. The average Bonchev–Trinajstić information content (AvgIpc) is 2.29. The first kappa shape index (κ1) is 11.0. The zero-order chi connectivity index (χ0) is 11.5. The fourth-order valence-electron chi connectivity index (χ4n) is 1.99. The van der Waals surface area contributed by atoms with Gasteiger partial charge in [-0.2, -0.15) is 0 Å². The summed E-state index contributed by atoms with van der Waals surface area (Å²) in [6.07, 6.45) is 0. The van der Waals surface area contributed by atoms with Crippen molar-refractivity contribution >= 4 is 11.7 Å². The van der Waals surface area contributed by atoms with E-state index in [4.69, 9.17) is 9.84 Å². The van der Waals surface area contributed by atoms with Gasteiger partial charge < -0.3 is 14.7 Å². The summed E-state index contributed by atoms with van der Waals surface area (Å²) in [5, 5.41) is 9.12. The highest BCUT2D eigenvalue weighted by atomic mass is 16.5. The Balaban J connectivity index is 2.34. The molecule has 1 N–H and O–H groups in total. The zero-order valence-corrected chi connectivity index (χ0v) is 9.22. The molecule has 0 saturated carbocycles. The van der Waals surface area contributed by atoms with Crippen LogP contribution in [-0.4, -0.2) is 36.9 Å². The molecule has 2 rings (SSSR count). The summed E-state index contributed by atoms with van der Waals surface area (Å²) in [6, 6.07) is 7.32. The van der Waals surface area contributed by atoms with Gasteiger partial charge in [0.25, 0.3) is 0 Å². The van der Waals surface area contributed by atoms with Gasteiger partial charge in [-0.1, -0.05) is 12.1 Å². The van der Waals surface area contributed by atoms with Crippen molar-refractivity contribution in [3.63, 3.8) is 0 Å². The molecule has 0 radical (unpaired) electrons. The summed E-state index contributed by atoms with van der Waals surface area (Å²) in [6.45, 7) is 4.08. The Labute approximate surface area is 94.4 Å². The average molecular weight is 221 g/mol. The van der Waals surface area contributed by atoms with Crippen LogP contribution in [0.3, 0.4) is 0 Å². The standard InChI is InChI=1S/C12H15NO3/c1-9-8-16-7-6-13(9)11-5-3-2-4-10(11)12(14)15/h2-5,9H,6-8H2,1H3,(H,14,15). The summed E-state index contributed by atoms with van der Waals surface area (Å²) in [5.41, 5.74) is 1.14. The monoisotopic (exact) mass is 221 g/mol. The Bertz CT molecular complexity index is 392. The molecule has 86 valence electrons. The maximum atomic E-state index is 11.1. The maximum Gasteiger partial charge on any atom is 0.337 e. The minimum atomic E-state index is -0.880. The first-order chi connectivity index (χ1) is 7.70. The molecule has 1 aliphatic rings. The molecule has 0 amide bonds. The van der Waals surface area contributed by atoms with Crippen molar-refractivity contribution in [3.8, 4) is 0 Å². The lowest BCUT2D eigenvalue weighted by Gasteiger charge is -2.35. The molecule has 16 heavy (non-hydrogen) atoms. The molecule has 0 aliphatic carbocycles. The van der Waals surface area contributed by atoms with Crippen LogP contribution >= 0.6 is 0 Å². The van der Waals surface area contributed by atoms with E-state index in [9.17, 15) is 4.79 Å². The lowest BCUT2D eigenvalue weighted by atomic mass is 10.1. The Kier molecular flexibility index (Phi) is 3.10. The predicted octanol–water partition coefficient (Wildman–Crippen LogP) is 1.61. The molecule has 1 atom stereocenters. The van der Waals surface area contributed by atoms with Gasteiger partial charge in [-0.3, -0.25) is 0 Å². The van der Waals surface area contributed by atoms with Crippen molar-refractivity contribution in [2.45, 2.75) is 13.0 Å². The van der Waals surface area contributed by atoms with Crippen LogP contribution in [-0.2, 0) is 4.74 Å². The number of carbonyl (C=O) groups is 1. The second-order valence-electron chi connectivity index (χ2n) is 3.94. The molecule has 1 fully saturated rings. The highest BCUT2D eigenvalue weighted by Gasteiger charge is 2.22. The Morgan fingerprint density at radius 3 is 2.94 bits per heavy atom. The Morgan fingerprint density at radius 1 is 1.50 bits per heavy atom. The lowest BCUT2D eigenvalue weighted by Crippen LogP contribution is -2.44. The molecule has 1 aliphatic heterocycles. The van der Waals surface area contributed by atoms with Gasteiger partial charge in [0.1, 0.15) is 0 Å². The van der Waals surface area contributed by atoms with E-state index in [1.165, 1.54) is 0 Å². The van der Waals surface area contributed by atoms with E-state index in [-0.39, 0.29) is 6.04 Å². The van der Waals surface area contributed by atoms with Crippen molar-refractivity contribution in [1.82, 2.24) is 0 Å². The number of anilines is 1. The molecule has 1 aromatic rings. The van der Waals surface area contributed by atoms with E-state index in [1.54, 1.807) is 12.1 Å². The number of morpholine rings is 1. The summed E-state index contributed by atoms with van der Waals surface area (Å²) in [5.74, 6) is -0.880. The van der Waals surface area contributed by atoms with Crippen LogP contribution in [0.15, 0.2) is 24.3 Å². The third kappa shape index (κ3) is 2.02. The topological polar surface area (TPSA) is 49.8 Å². The summed E-state index contributed by atoms with van der Waals surface area (Å²) >= 11 is 0. The van der Waals surface area contributed by atoms with Gasteiger partial charge in [0.05, 0.1) is 24.5 Å². The molecule has 4 nitrogen and oxygen atoms in total. The number of rotatable bonds is 2. The van der Waals surface area contributed by atoms with Crippen molar-refractivity contribution < 1.29 is 14.6 Å². The second-order valence-corrected chi connectivity index (χ2v) is 3.94. The smallest absolute Gasteiger partial charge is 0.337 e. The molecule has 1 saturated heterocycles. The molecule has 0 spiro atoms. The number of hydrogen-bond donors (Lipinski definition) is 1. The van der Waals surface area contributed by atoms with Crippen LogP contribution in [0.1, 0.15) is 17.3 Å². The van der Waals surface area contributed by atoms with Crippen molar-refractivity contribution in [2.24, 2.45) is 0 Å². The largest absolute Gasteiger partial charge is 0.478 e. The molecular weight excluding hydrogens is 206 g/mol. The number of para-hydroxylation sites is 1. The van der Waals surface area contributed by atoms with Gasteiger partial charge in [0.2, 0.25) is 0 Å². The minimum absolute atomic E-state index is 0.217. The Hall–Kier alpha value is -1.55. The third-order valence-corrected chi connectivity index (χ3v) is 2.81. The van der Waals surface area contributed by atoms with Crippen molar-refractivity contribution in [3.05, 3.63) is 29.8 Å². The molecule has 0 aromatic heterocycles. The fraction of sp³-hybridized carbons (Fsp3) is 0.417. The Morgan fingerprint density at radius 2 is 2.25 bits per heavy atom. The van der Waals surface area contributed by atoms with E-state index in [0.717, 1.165) is 12.2 Å². The number of aromatic carboxylic acids is 1. The van der Waals surface area contributed by atoms with Crippen LogP contribution in [0.5, 0.6) is 0 Å². The van der Waals surface area contributed by atoms with E-state index in [2.05, 4.69) is 4.90 Å². The van der Waals surface area contributed by atoms with Crippen molar-refractivity contribution in [2.75, 3.05) is 24.7 Å². The molecule has 1 aromatic carbocycles. The van der Waals surface area contributed by atoms with Gasteiger partial charge in [-0.15, -0.1) is 0 Å². The fourth-order valence-corrected chi connectivity index (χ4v) is 1.99. The van der Waals surface area contributed by atoms with Gasteiger partial charge in [-0.25, -0.2) is 4.79 Å². The van der Waals surface area contributed by atoms with Crippen LogP contribution in [0.4, 0.5) is 5.69 Å². The quantitative estimate of drug-likeness (QED) is 0.824. The highest BCUT2D eigenvalue weighted by Crippen LogP contribution is 2.24. The number of carboxylic acid groups (broad SMARTS) is 1. The van der Waals surface area contributed by atoms with Gasteiger partial charge >= 0.3 is 5.97 Å². The number of nitrogens with zero attached hydrogens (tertiary/aromatic N) is 1. The first-order valence-corrected chi connectivity index (χ1v) is 5.37.